The van der Waals surface area contributed by atoms with Gasteiger partial charge in [-0.2, -0.15) is 0 Å². The molecule has 5 nitrogen and oxygen atoms in total. The van der Waals surface area contributed by atoms with Gasteiger partial charge < -0.3 is 14.7 Å². The Hall–Kier alpha value is -1.26. The second-order valence-electron chi connectivity index (χ2n) is 3.03. The molecule has 0 heterocycles. The van der Waals surface area contributed by atoms with Crippen LogP contribution in [0.2, 0.25) is 0 Å². The lowest BCUT2D eigenvalue weighted by atomic mass is 10.4. The van der Waals surface area contributed by atoms with Gasteiger partial charge in [0.1, 0.15) is 0 Å². The molecule has 0 aromatic rings. The Kier molecular flexibility index (Phi) is 6.53. The number of amides is 1. The molecule has 14 heavy (non-hydrogen) atoms. The van der Waals surface area contributed by atoms with Gasteiger partial charge in [-0.05, 0) is 6.42 Å². The fourth-order valence-corrected chi connectivity index (χ4v) is 0.769. The number of ether oxygens (including phenoxy) is 1. The molecule has 0 aliphatic rings. The molecule has 0 aliphatic heterocycles. The number of rotatable bonds is 6. The molecule has 0 aliphatic carbocycles. The van der Waals surface area contributed by atoms with Crippen LogP contribution in [0, 0.1) is 0 Å². The van der Waals surface area contributed by atoms with Crippen LogP contribution >= 0.6 is 0 Å². The number of carbonyl (C=O) groups is 2. The van der Waals surface area contributed by atoms with Crippen molar-refractivity contribution in [2.75, 3.05) is 20.2 Å². The minimum Gasteiger partial charge on any atom is -0.481 e. The van der Waals surface area contributed by atoms with Crippen molar-refractivity contribution >= 4 is 12.1 Å². The molecule has 0 unspecified atom stereocenters. The Labute approximate surface area is 83.6 Å². The third-order valence-corrected chi connectivity index (χ3v) is 1.70. The third kappa shape index (κ3) is 6.28. The van der Waals surface area contributed by atoms with Crippen LogP contribution in [0.5, 0.6) is 0 Å². The Morgan fingerprint density at radius 3 is 2.57 bits per heavy atom. The van der Waals surface area contributed by atoms with E-state index in [-0.39, 0.29) is 13.0 Å². The number of hydrogen-bond acceptors (Lipinski definition) is 3. The standard InChI is InChI=1S/C9H17NO4/c1-3-4-7-14-9(13)10(2)6-5-8(11)12/h3-7H2,1-2H3,(H,11,12). The van der Waals surface area contributed by atoms with Crippen molar-refractivity contribution in [2.24, 2.45) is 0 Å². The number of nitrogens with zero attached hydrogens (tertiary/aromatic N) is 1. The maximum atomic E-state index is 11.1. The molecule has 0 atom stereocenters. The second kappa shape index (κ2) is 7.17. The van der Waals surface area contributed by atoms with E-state index in [1.807, 2.05) is 6.92 Å². The number of unbranched alkanes of at least 4 members (excludes halogenated alkanes) is 1. The van der Waals surface area contributed by atoms with Gasteiger partial charge in [-0.15, -0.1) is 0 Å². The molecular weight excluding hydrogens is 186 g/mol. The van der Waals surface area contributed by atoms with Gasteiger partial charge in [0.25, 0.3) is 0 Å². The summed E-state index contributed by atoms with van der Waals surface area (Å²) in [6.07, 6.45) is 1.28. The van der Waals surface area contributed by atoms with Crippen LogP contribution in [-0.4, -0.2) is 42.3 Å². The van der Waals surface area contributed by atoms with Crippen molar-refractivity contribution in [1.82, 2.24) is 4.90 Å². The summed E-state index contributed by atoms with van der Waals surface area (Å²) in [7, 11) is 1.53. The molecule has 1 amide bonds. The summed E-state index contributed by atoms with van der Waals surface area (Å²) < 4.78 is 4.87. The number of carbonyl (C=O) groups excluding carboxylic acids is 1. The first-order valence-electron chi connectivity index (χ1n) is 4.67. The Morgan fingerprint density at radius 1 is 1.43 bits per heavy atom. The summed E-state index contributed by atoms with van der Waals surface area (Å²) in [4.78, 5) is 22.6. The summed E-state index contributed by atoms with van der Waals surface area (Å²) in [5, 5.41) is 8.38. The lowest BCUT2D eigenvalue weighted by Gasteiger charge is -2.15. The van der Waals surface area contributed by atoms with Gasteiger partial charge >= 0.3 is 12.1 Å². The lowest BCUT2D eigenvalue weighted by Crippen LogP contribution is -2.29. The smallest absolute Gasteiger partial charge is 0.409 e. The lowest BCUT2D eigenvalue weighted by molar-refractivity contribution is -0.137. The van der Waals surface area contributed by atoms with Gasteiger partial charge in [0, 0.05) is 13.6 Å². The molecule has 0 saturated heterocycles. The highest BCUT2D eigenvalue weighted by molar-refractivity contribution is 5.70. The molecule has 82 valence electrons. The summed E-state index contributed by atoms with van der Waals surface area (Å²) in [6.45, 7) is 2.58. The van der Waals surface area contributed by atoms with Crippen LogP contribution in [0.15, 0.2) is 0 Å². The van der Waals surface area contributed by atoms with E-state index >= 15 is 0 Å². The van der Waals surface area contributed by atoms with Crippen molar-refractivity contribution in [1.29, 1.82) is 0 Å². The van der Waals surface area contributed by atoms with E-state index in [1.165, 1.54) is 11.9 Å². The van der Waals surface area contributed by atoms with Crippen LogP contribution in [0.25, 0.3) is 0 Å². The second-order valence-corrected chi connectivity index (χ2v) is 3.03. The summed E-state index contributed by atoms with van der Waals surface area (Å²) in [5.41, 5.74) is 0. The number of aliphatic carboxylic acids is 1. The Bertz CT molecular complexity index is 193. The minimum atomic E-state index is -0.918. The van der Waals surface area contributed by atoms with Crippen LogP contribution in [0.3, 0.4) is 0 Å². The number of carboxylic acids is 1. The van der Waals surface area contributed by atoms with Gasteiger partial charge in [-0.25, -0.2) is 4.79 Å². The SMILES string of the molecule is CCCCOC(=O)N(C)CCC(=O)O. The van der Waals surface area contributed by atoms with Crippen molar-refractivity contribution in [2.45, 2.75) is 26.2 Å². The quantitative estimate of drug-likeness (QED) is 0.661. The predicted molar refractivity (Wildman–Crippen MR) is 51.1 cm³/mol. The monoisotopic (exact) mass is 203 g/mol. The van der Waals surface area contributed by atoms with Gasteiger partial charge in [0.05, 0.1) is 13.0 Å². The average Bonchev–Trinajstić information content (AvgIpc) is 2.14. The zero-order chi connectivity index (χ0) is 11.0. The third-order valence-electron chi connectivity index (χ3n) is 1.70. The Balaban J connectivity index is 3.59. The molecule has 0 bridgehead atoms. The summed E-state index contributed by atoms with van der Waals surface area (Å²) in [6, 6.07) is 0. The maximum absolute atomic E-state index is 11.1. The maximum Gasteiger partial charge on any atom is 0.409 e. The fourth-order valence-electron chi connectivity index (χ4n) is 0.769. The van der Waals surface area contributed by atoms with E-state index in [9.17, 15) is 9.59 Å². The number of hydrogen-bond donors (Lipinski definition) is 1. The highest BCUT2D eigenvalue weighted by Crippen LogP contribution is 1.95. The van der Waals surface area contributed by atoms with E-state index in [4.69, 9.17) is 9.84 Å². The van der Waals surface area contributed by atoms with Gasteiger partial charge in [0.15, 0.2) is 0 Å². The highest BCUT2D eigenvalue weighted by atomic mass is 16.6. The molecule has 0 fully saturated rings. The van der Waals surface area contributed by atoms with Crippen LogP contribution in [0.4, 0.5) is 4.79 Å². The zero-order valence-electron chi connectivity index (χ0n) is 8.65. The molecule has 1 N–H and O–H groups in total. The van der Waals surface area contributed by atoms with Gasteiger partial charge in [-0.1, -0.05) is 13.3 Å². The first-order chi connectivity index (χ1) is 6.57. The van der Waals surface area contributed by atoms with Crippen molar-refractivity contribution in [3.63, 3.8) is 0 Å². The Morgan fingerprint density at radius 2 is 2.07 bits per heavy atom. The van der Waals surface area contributed by atoms with Gasteiger partial charge in [-0.3, -0.25) is 4.79 Å². The number of carboxylic acid groups (broad SMARTS) is 1. The highest BCUT2D eigenvalue weighted by Gasteiger charge is 2.10. The molecule has 0 rings (SSSR count). The first-order valence-corrected chi connectivity index (χ1v) is 4.67. The molecule has 0 aromatic heterocycles. The summed E-state index contributed by atoms with van der Waals surface area (Å²) in [5.74, 6) is -0.918. The van der Waals surface area contributed by atoms with Crippen LogP contribution in [0.1, 0.15) is 26.2 Å². The fraction of sp³-hybridized carbons (Fsp3) is 0.778. The van der Waals surface area contributed by atoms with E-state index in [1.54, 1.807) is 0 Å². The van der Waals surface area contributed by atoms with Crippen molar-refractivity contribution < 1.29 is 19.4 Å². The zero-order valence-corrected chi connectivity index (χ0v) is 8.65. The topological polar surface area (TPSA) is 66.8 Å². The summed E-state index contributed by atoms with van der Waals surface area (Å²) >= 11 is 0. The molecule has 0 spiro atoms. The molecule has 0 aromatic carbocycles. The van der Waals surface area contributed by atoms with Crippen molar-refractivity contribution in [3.05, 3.63) is 0 Å². The molecule has 0 saturated carbocycles. The first kappa shape index (κ1) is 12.7. The van der Waals surface area contributed by atoms with Crippen LogP contribution in [-0.2, 0) is 9.53 Å². The van der Waals surface area contributed by atoms with E-state index < -0.39 is 12.1 Å². The van der Waals surface area contributed by atoms with E-state index in [0.717, 1.165) is 12.8 Å². The van der Waals surface area contributed by atoms with E-state index in [2.05, 4.69) is 0 Å². The average molecular weight is 203 g/mol. The van der Waals surface area contributed by atoms with E-state index in [0.29, 0.717) is 6.61 Å². The molecule has 0 radical (unpaired) electrons. The predicted octanol–water partition coefficient (Wildman–Crippen LogP) is 1.33. The van der Waals surface area contributed by atoms with Crippen molar-refractivity contribution in [3.8, 4) is 0 Å². The normalized spacial score (nSPS) is 9.57. The molecule has 5 heteroatoms. The minimum absolute atomic E-state index is 0.0562. The molecular formula is C9H17NO4. The largest absolute Gasteiger partial charge is 0.481 e. The van der Waals surface area contributed by atoms with Crippen LogP contribution < -0.4 is 0 Å². The van der Waals surface area contributed by atoms with Gasteiger partial charge in [0.2, 0.25) is 0 Å².